The molecular formula is C24H29BrN2O4. The number of hydrogen-bond donors (Lipinski definition) is 2. The van der Waals surface area contributed by atoms with Crippen LogP contribution in [0.5, 0.6) is 0 Å². The number of benzene rings is 2. The van der Waals surface area contributed by atoms with Crippen molar-refractivity contribution in [3.63, 3.8) is 0 Å². The molecule has 0 aliphatic carbocycles. The molecule has 2 amide bonds. The van der Waals surface area contributed by atoms with Gasteiger partial charge in [-0.3, -0.25) is 9.59 Å². The normalized spacial score (nSPS) is 15.3. The Bertz CT molecular complexity index is 879. The SMILES string of the molecule is CCOCCCNC(=O)c1cccc(NC(=O)C2(c3ccc(Br)cc3)CCOCC2)c1. The van der Waals surface area contributed by atoms with Gasteiger partial charge in [0.15, 0.2) is 0 Å². The Kier molecular flexibility index (Phi) is 8.63. The summed E-state index contributed by atoms with van der Waals surface area (Å²) in [5.41, 5.74) is 1.43. The average Bonchev–Trinajstić information content (AvgIpc) is 2.80. The molecule has 6 nitrogen and oxygen atoms in total. The Hall–Kier alpha value is -2.22. The Labute approximate surface area is 191 Å². The van der Waals surface area contributed by atoms with Crippen molar-refractivity contribution in [1.82, 2.24) is 5.32 Å². The van der Waals surface area contributed by atoms with Crippen LogP contribution < -0.4 is 10.6 Å². The molecule has 0 aromatic heterocycles. The number of hydrogen-bond acceptors (Lipinski definition) is 4. The highest BCUT2D eigenvalue weighted by atomic mass is 79.9. The van der Waals surface area contributed by atoms with Crippen molar-refractivity contribution in [1.29, 1.82) is 0 Å². The Morgan fingerprint density at radius 2 is 1.87 bits per heavy atom. The minimum absolute atomic E-state index is 0.0765. The number of anilines is 1. The first-order chi connectivity index (χ1) is 15.0. The molecule has 1 aliphatic rings. The van der Waals surface area contributed by atoms with Crippen LogP contribution >= 0.6 is 15.9 Å². The van der Waals surface area contributed by atoms with Crippen molar-refractivity contribution in [2.75, 3.05) is 38.3 Å². The van der Waals surface area contributed by atoms with Crippen molar-refractivity contribution < 1.29 is 19.1 Å². The van der Waals surface area contributed by atoms with E-state index in [4.69, 9.17) is 9.47 Å². The lowest BCUT2D eigenvalue weighted by Crippen LogP contribution is -2.44. The highest BCUT2D eigenvalue weighted by Gasteiger charge is 2.41. The van der Waals surface area contributed by atoms with Crippen LogP contribution in [-0.4, -0.2) is 44.8 Å². The van der Waals surface area contributed by atoms with E-state index in [1.54, 1.807) is 24.3 Å². The van der Waals surface area contributed by atoms with Gasteiger partial charge >= 0.3 is 0 Å². The smallest absolute Gasteiger partial charge is 0.251 e. The van der Waals surface area contributed by atoms with Gasteiger partial charge in [0.25, 0.3) is 5.91 Å². The Balaban J connectivity index is 1.70. The molecule has 0 spiro atoms. The summed E-state index contributed by atoms with van der Waals surface area (Å²) in [5.74, 6) is -0.242. The topological polar surface area (TPSA) is 76.7 Å². The van der Waals surface area contributed by atoms with E-state index in [9.17, 15) is 9.59 Å². The van der Waals surface area contributed by atoms with E-state index in [1.807, 2.05) is 31.2 Å². The van der Waals surface area contributed by atoms with E-state index in [-0.39, 0.29) is 11.8 Å². The van der Waals surface area contributed by atoms with Gasteiger partial charge in [-0.15, -0.1) is 0 Å². The summed E-state index contributed by atoms with van der Waals surface area (Å²) in [6.45, 7) is 4.85. The van der Waals surface area contributed by atoms with Gasteiger partial charge in [0.2, 0.25) is 5.91 Å². The molecule has 0 atom stereocenters. The molecule has 2 aromatic rings. The predicted octanol–water partition coefficient (Wildman–Crippen LogP) is 4.29. The van der Waals surface area contributed by atoms with Crippen LogP contribution in [0.4, 0.5) is 5.69 Å². The number of nitrogens with one attached hydrogen (secondary N) is 2. The van der Waals surface area contributed by atoms with Crippen molar-refractivity contribution >= 4 is 33.4 Å². The van der Waals surface area contributed by atoms with Crippen LogP contribution in [0.15, 0.2) is 53.0 Å². The van der Waals surface area contributed by atoms with Gasteiger partial charge in [-0.25, -0.2) is 0 Å². The lowest BCUT2D eigenvalue weighted by molar-refractivity contribution is -0.125. The second-order valence-corrected chi connectivity index (χ2v) is 8.46. The van der Waals surface area contributed by atoms with Gasteiger partial charge in [-0.1, -0.05) is 34.1 Å². The van der Waals surface area contributed by atoms with Gasteiger partial charge in [0.05, 0.1) is 5.41 Å². The van der Waals surface area contributed by atoms with Crippen LogP contribution in [0.25, 0.3) is 0 Å². The number of halogens is 1. The quantitative estimate of drug-likeness (QED) is 0.516. The summed E-state index contributed by atoms with van der Waals surface area (Å²) < 4.78 is 11.8. The molecule has 7 heteroatoms. The molecule has 1 aliphatic heterocycles. The van der Waals surface area contributed by atoms with Crippen molar-refractivity contribution in [2.24, 2.45) is 0 Å². The van der Waals surface area contributed by atoms with Gasteiger partial charge in [-0.2, -0.15) is 0 Å². The fraction of sp³-hybridized carbons (Fsp3) is 0.417. The zero-order chi connectivity index (χ0) is 22.1. The molecule has 2 N–H and O–H groups in total. The standard InChI is InChI=1S/C24H29BrN2O4/c1-2-30-14-4-13-26-22(28)18-5-3-6-21(17-18)27-23(29)24(11-15-31-16-12-24)19-7-9-20(25)10-8-19/h3,5-10,17H,2,4,11-16H2,1H3,(H,26,28)(H,27,29). The molecule has 0 saturated carbocycles. The highest BCUT2D eigenvalue weighted by Crippen LogP contribution is 2.36. The molecule has 2 aromatic carbocycles. The summed E-state index contributed by atoms with van der Waals surface area (Å²) in [4.78, 5) is 25.9. The average molecular weight is 489 g/mol. The lowest BCUT2D eigenvalue weighted by atomic mass is 9.73. The van der Waals surface area contributed by atoms with Crippen LogP contribution in [0.2, 0.25) is 0 Å². The Morgan fingerprint density at radius 3 is 2.58 bits per heavy atom. The summed E-state index contributed by atoms with van der Waals surface area (Å²) in [6.07, 6.45) is 1.98. The van der Waals surface area contributed by atoms with E-state index in [2.05, 4.69) is 26.6 Å². The maximum Gasteiger partial charge on any atom is 0.251 e. The van der Waals surface area contributed by atoms with E-state index >= 15 is 0 Å². The minimum Gasteiger partial charge on any atom is -0.382 e. The van der Waals surface area contributed by atoms with Crippen molar-refractivity contribution in [2.45, 2.75) is 31.6 Å². The number of carbonyl (C=O) groups is 2. The molecule has 31 heavy (non-hydrogen) atoms. The first-order valence-electron chi connectivity index (χ1n) is 10.7. The summed E-state index contributed by atoms with van der Waals surface area (Å²) in [6, 6.07) is 14.9. The molecule has 3 rings (SSSR count). The summed E-state index contributed by atoms with van der Waals surface area (Å²) >= 11 is 3.46. The maximum absolute atomic E-state index is 13.4. The van der Waals surface area contributed by atoms with Gasteiger partial charge < -0.3 is 20.1 Å². The van der Waals surface area contributed by atoms with E-state index in [0.29, 0.717) is 57.1 Å². The van der Waals surface area contributed by atoms with Crippen LogP contribution in [0.1, 0.15) is 42.1 Å². The van der Waals surface area contributed by atoms with Gasteiger partial charge in [0, 0.05) is 48.7 Å². The number of carbonyl (C=O) groups excluding carboxylic acids is 2. The molecule has 0 unspecified atom stereocenters. The largest absolute Gasteiger partial charge is 0.382 e. The van der Waals surface area contributed by atoms with Crippen LogP contribution in [0, 0.1) is 0 Å². The fourth-order valence-electron chi connectivity index (χ4n) is 3.75. The predicted molar refractivity (Wildman–Crippen MR) is 124 cm³/mol. The van der Waals surface area contributed by atoms with Crippen molar-refractivity contribution in [3.05, 3.63) is 64.1 Å². The lowest BCUT2D eigenvalue weighted by Gasteiger charge is -2.36. The highest BCUT2D eigenvalue weighted by molar-refractivity contribution is 9.10. The number of ether oxygens (including phenoxy) is 2. The first-order valence-corrected chi connectivity index (χ1v) is 11.5. The van der Waals surface area contributed by atoms with Gasteiger partial charge in [-0.05, 0) is 62.1 Å². The second kappa shape index (κ2) is 11.4. The fourth-order valence-corrected chi connectivity index (χ4v) is 4.01. The van der Waals surface area contributed by atoms with Crippen LogP contribution in [0.3, 0.4) is 0 Å². The molecule has 166 valence electrons. The first kappa shape index (κ1) is 23.4. The molecule has 1 saturated heterocycles. The summed E-state index contributed by atoms with van der Waals surface area (Å²) in [5, 5.41) is 5.93. The van der Waals surface area contributed by atoms with E-state index < -0.39 is 5.41 Å². The molecule has 0 radical (unpaired) electrons. The van der Waals surface area contributed by atoms with E-state index in [0.717, 1.165) is 16.5 Å². The number of amides is 2. The third-order valence-corrected chi connectivity index (χ3v) is 6.04. The van der Waals surface area contributed by atoms with Crippen molar-refractivity contribution in [3.8, 4) is 0 Å². The maximum atomic E-state index is 13.4. The third kappa shape index (κ3) is 6.15. The van der Waals surface area contributed by atoms with Gasteiger partial charge in [0.1, 0.15) is 0 Å². The van der Waals surface area contributed by atoms with Crippen LogP contribution in [-0.2, 0) is 19.7 Å². The summed E-state index contributed by atoms with van der Waals surface area (Å²) in [7, 11) is 0. The molecule has 0 bridgehead atoms. The van der Waals surface area contributed by atoms with E-state index in [1.165, 1.54) is 0 Å². The number of rotatable bonds is 9. The Morgan fingerprint density at radius 1 is 1.13 bits per heavy atom. The second-order valence-electron chi connectivity index (χ2n) is 7.54. The zero-order valence-corrected chi connectivity index (χ0v) is 19.4. The molecule has 1 fully saturated rings. The molecular weight excluding hydrogens is 460 g/mol. The monoisotopic (exact) mass is 488 g/mol. The third-order valence-electron chi connectivity index (χ3n) is 5.52. The molecule has 1 heterocycles. The zero-order valence-electron chi connectivity index (χ0n) is 17.8. The minimum atomic E-state index is -0.656.